The van der Waals surface area contributed by atoms with Gasteiger partial charge < -0.3 is 10.2 Å². The summed E-state index contributed by atoms with van der Waals surface area (Å²) >= 11 is 0. The van der Waals surface area contributed by atoms with Crippen molar-refractivity contribution in [2.24, 2.45) is 11.3 Å². The number of hydrogen-bond acceptors (Lipinski definition) is 4. The summed E-state index contributed by atoms with van der Waals surface area (Å²) in [6, 6.07) is 11.3. The van der Waals surface area contributed by atoms with Crippen LogP contribution in [-0.2, 0) is 9.63 Å². The van der Waals surface area contributed by atoms with Gasteiger partial charge in [0.25, 0.3) is 0 Å². The first-order chi connectivity index (χ1) is 11.3. The molecule has 24 heavy (non-hydrogen) atoms. The van der Waals surface area contributed by atoms with Crippen LogP contribution in [0.15, 0.2) is 30.3 Å². The van der Waals surface area contributed by atoms with Crippen LogP contribution >= 0.6 is 0 Å². The Morgan fingerprint density at radius 2 is 2.00 bits per heavy atom. The molecule has 1 saturated heterocycles. The van der Waals surface area contributed by atoms with E-state index in [-0.39, 0.29) is 5.97 Å². The van der Waals surface area contributed by atoms with E-state index in [1.165, 1.54) is 5.56 Å². The van der Waals surface area contributed by atoms with Crippen LogP contribution in [0.1, 0.15) is 59.1 Å². The van der Waals surface area contributed by atoms with E-state index >= 15 is 0 Å². The lowest BCUT2D eigenvalue weighted by molar-refractivity contribution is -0.209. The number of benzene rings is 1. The number of rotatable bonds is 5. The molecule has 0 radical (unpaired) electrons. The van der Waals surface area contributed by atoms with Gasteiger partial charge in [0, 0.05) is 25.2 Å². The maximum atomic E-state index is 12.1. The Labute approximate surface area is 146 Å². The maximum absolute atomic E-state index is 12.1. The smallest absolute Gasteiger partial charge is 0.330 e. The molecule has 4 heteroatoms. The molecule has 1 aromatic carbocycles. The first-order valence-corrected chi connectivity index (χ1v) is 9.09. The molecule has 0 aliphatic carbocycles. The number of piperidine rings is 1. The van der Waals surface area contributed by atoms with Crippen LogP contribution in [0.2, 0.25) is 0 Å². The van der Waals surface area contributed by atoms with Crippen LogP contribution in [0.25, 0.3) is 0 Å². The second-order valence-corrected chi connectivity index (χ2v) is 7.88. The Balaban J connectivity index is 1.92. The minimum Gasteiger partial charge on any atom is -0.367 e. The van der Waals surface area contributed by atoms with Crippen molar-refractivity contribution in [2.75, 3.05) is 13.1 Å². The van der Waals surface area contributed by atoms with E-state index in [4.69, 9.17) is 4.84 Å². The van der Waals surface area contributed by atoms with Gasteiger partial charge in [0.05, 0.1) is 5.41 Å². The second-order valence-electron chi connectivity index (χ2n) is 7.88. The van der Waals surface area contributed by atoms with E-state index in [0.29, 0.717) is 18.0 Å². The van der Waals surface area contributed by atoms with Crippen molar-refractivity contribution in [3.63, 3.8) is 0 Å². The number of carbonyl (C=O) groups excluding carboxylic acids is 1. The largest absolute Gasteiger partial charge is 0.367 e. The molecule has 1 aliphatic heterocycles. The van der Waals surface area contributed by atoms with Crippen molar-refractivity contribution in [1.29, 1.82) is 0 Å². The Morgan fingerprint density at radius 1 is 1.33 bits per heavy atom. The highest BCUT2D eigenvalue weighted by Crippen LogP contribution is 2.25. The summed E-state index contributed by atoms with van der Waals surface area (Å²) in [6.45, 7) is 11.7. The molecular weight excluding hydrogens is 300 g/mol. The van der Waals surface area contributed by atoms with E-state index in [2.05, 4.69) is 43.4 Å². The number of nitrogens with one attached hydrogen (secondary N) is 1. The molecule has 0 aromatic heterocycles. The average Bonchev–Trinajstić information content (AvgIpc) is 2.56. The zero-order valence-electron chi connectivity index (χ0n) is 15.7. The molecule has 1 heterocycles. The third kappa shape index (κ3) is 5.05. The van der Waals surface area contributed by atoms with E-state index in [1.54, 1.807) is 0 Å². The molecule has 134 valence electrons. The third-order valence-electron chi connectivity index (χ3n) is 4.81. The van der Waals surface area contributed by atoms with Gasteiger partial charge in [0.15, 0.2) is 0 Å². The summed E-state index contributed by atoms with van der Waals surface area (Å²) in [4.78, 5) is 17.7. The molecule has 3 atom stereocenters. The standard InChI is InChI=1S/C20H32N2O2/c1-6-16-14-22(24-19(23)20(3,4)5)13-12-18(16)21-15(2)17-10-8-7-9-11-17/h7-11,15-16,18,21H,6,12-14H2,1-5H3/t15-,16?,18?/m1/s1. The van der Waals surface area contributed by atoms with Crippen LogP contribution in [0.3, 0.4) is 0 Å². The van der Waals surface area contributed by atoms with Crippen molar-refractivity contribution >= 4 is 5.97 Å². The summed E-state index contributed by atoms with van der Waals surface area (Å²) in [5, 5.41) is 5.63. The van der Waals surface area contributed by atoms with E-state index in [1.807, 2.05) is 31.9 Å². The highest BCUT2D eigenvalue weighted by atomic mass is 16.7. The highest BCUT2D eigenvalue weighted by molar-refractivity contribution is 5.75. The Bertz CT molecular complexity index is 524. The Hall–Kier alpha value is -1.39. The molecule has 1 aliphatic rings. The van der Waals surface area contributed by atoms with E-state index < -0.39 is 5.41 Å². The second kappa shape index (κ2) is 8.13. The van der Waals surface area contributed by atoms with E-state index in [9.17, 15) is 4.79 Å². The SMILES string of the molecule is CCC1CN(OC(=O)C(C)(C)C)CCC1N[C@H](C)c1ccccc1. The van der Waals surface area contributed by atoms with Gasteiger partial charge in [-0.3, -0.25) is 0 Å². The molecule has 2 rings (SSSR count). The topological polar surface area (TPSA) is 41.6 Å². The fourth-order valence-electron chi connectivity index (χ4n) is 3.13. The van der Waals surface area contributed by atoms with Crippen LogP contribution < -0.4 is 5.32 Å². The fourth-order valence-corrected chi connectivity index (χ4v) is 3.13. The van der Waals surface area contributed by atoms with Crippen molar-refractivity contribution in [3.8, 4) is 0 Å². The quantitative estimate of drug-likeness (QED) is 0.887. The molecule has 4 nitrogen and oxygen atoms in total. The number of hydrogen-bond donors (Lipinski definition) is 1. The lowest BCUT2D eigenvalue weighted by Gasteiger charge is -2.39. The van der Waals surface area contributed by atoms with Gasteiger partial charge in [-0.15, -0.1) is 5.06 Å². The van der Waals surface area contributed by atoms with Gasteiger partial charge in [-0.2, -0.15) is 0 Å². The average molecular weight is 332 g/mol. The van der Waals surface area contributed by atoms with Gasteiger partial charge >= 0.3 is 5.97 Å². The number of carbonyl (C=O) groups is 1. The highest BCUT2D eigenvalue weighted by Gasteiger charge is 2.33. The lowest BCUT2D eigenvalue weighted by atomic mass is 9.89. The summed E-state index contributed by atoms with van der Waals surface area (Å²) in [5.41, 5.74) is 0.854. The predicted octanol–water partition coefficient (Wildman–Crippen LogP) is 3.94. The van der Waals surface area contributed by atoms with Crippen LogP contribution in [0, 0.1) is 11.3 Å². The van der Waals surface area contributed by atoms with Crippen molar-refractivity contribution in [3.05, 3.63) is 35.9 Å². The van der Waals surface area contributed by atoms with Crippen molar-refractivity contribution < 1.29 is 9.63 Å². The summed E-state index contributed by atoms with van der Waals surface area (Å²) in [5.74, 6) is 0.332. The van der Waals surface area contributed by atoms with Gasteiger partial charge in [-0.05, 0) is 45.6 Å². The molecule has 2 unspecified atom stereocenters. The zero-order valence-corrected chi connectivity index (χ0v) is 15.7. The monoisotopic (exact) mass is 332 g/mol. The van der Waals surface area contributed by atoms with Gasteiger partial charge in [-0.1, -0.05) is 43.7 Å². The first-order valence-electron chi connectivity index (χ1n) is 9.09. The minimum atomic E-state index is -0.460. The molecular formula is C20H32N2O2. The van der Waals surface area contributed by atoms with Crippen LogP contribution in [0.5, 0.6) is 0 Å². The molecule has 0 bridgehead atoms. The minimum absolute atomic E-state index is 0.151. The lowest BCUT2D eigenvalue weighted by Crippen LogP contribution is -2.50. The maximum Gasteiger partial charge on any atom is 0.330 e. The normalized spacial score (nSPS) is 23.7. The van der Waals surface area contributed by atoms with Gasteiger partial charge in [-0.25, -0.2) is 4.79 Å². The number of nitrogens with zero attached hydrogens (tertiary/aromatic N) is 1. The van der Waals surface area contributed by atoms with Crippen LogP contribution in [0.4, 0.5) is 0 Å². The van der Waals surface area contributed by atoms with Crippen molar-refractivity contribution in [1.82, 2.24) is 10.4 Å². The zero-order chi connectivity index (χ0) is 17.7. The Morgan fingerprint density at radius 3 is 2.58 bits per heavy atom. The van der Waals surface area contributed by atoms with Gasteiger partial charge in [0.1, 0.15) is 0 Å². The molecule has 1 N–H and O–H groups in total. The Kier molecular flexibility index (Phi) is 6.41. The molecule has 1 fully saturated rings. The number of hydroxylamine groups is 2. The van der Waals surface area contributed by atoms with Crippen LogP contribution in [-0.4, -0.2) is 30.2 Å². The van der Waals surface area contributed by atoms with Gasteiger partial charge in [0.2, 0.25) is 0 Å². The summed E-state index contributed by atoms with van der Waals surface area (Å²) in [7, 11) is 0. The molecule has 0 saturated carbocycles. The predicted molar refractivity (Wildman–Crippen MR) is 97.3 cm³/mol. The summed E-state index contributed by atoms with van der Waals surface area (Å²) in [6.07, 6.45) is 2.07. The molecule has 1 aromatic rings. The van der Waals surface area contributed by atoms with E-state index in [0.717, 1.165) is 25.9 Å². The third-order valence-corrected chi connectivity index (χ3v) is 4.81. The summed E-state index contributed by atoms with van der Waals surface area (Å²) < 4.78 is 0. The first kappa shape index (κ1) is 18.9. The van der Waals surface area contributed by atoms with Crippen molar-refractivity contribution in [2.45, 2.75) is 59.5 Å². The molecule has 0 spiro atoms. The molecule has 0 amide bonds. The fraction of sp³-hybridized carbons (Fsp3) is 0.650.